The molecule has 0 saturated heterocycles. The molecule has 1 atom stereocenters. The highest BCUT2D eigenvalue weighted by Gasteiger charge is 2.05. The Kier molecular flexibility index (Phi) is 3.25. The van der Waals surface area contributed by atoms with E-state index in [0.29, 0.717) is 12.3 Å². The van der Waals surface area contributed by atoms with Crippen LogP contribution < -0.4 is 9.64 Å². The molecule has 0 bridgehead atoms. The first-order chi connectivity index (χ1) is 6.13. The monoisotopic (exact) mass is 183 g/mol. The van der Waals surface area contributed by atoms with Crippen LogP contribution in [0.15, 0.2) is 18.2 Å². The summed E-state index contributed by atoms with van der Waals surface area (Å²) in [5, 5.41) is 0. The van der Waals surface area contributed by atoms with Crippen LogP contribution >= 0.6 is 0 Å². The average Bonchev–Trinajstić information content (AvgIpc) is 2.03. The van der Waals surface area contributed by atoms with Gasteiger partial charge in [0.1, 0.15) is 11.6 Å². The van der Waals surface area contributed by atoms with Crippen LogP contribution in [0.25, 0.3) is 0 Å². The Morgan fingerprint density at radius 3 is 2.77 bits per heavy atom. The number of hydrogen-bond acceptors (Lipinski definition) is 1. The number of halogens is 1. The zero-order valence-electron chi connectivity index (χ0n) is 7.93. The summed E-state index contributed by atoms with van der Waals surface area (Å²) in [5.74, 6) is 0.474. The molecule has 0 spiro atoms. The highest BCUT2D eigenvalue weighted by Crippen LogP contribution is 2.17. The Morgan fingerprint density at radius 2 is 2.23 bits per heavy atom. The number of hydrogen-bond donors (Lipinski definition) is 1. The highest BCUT2D eigenvalue weighted by molar-refractivity contribution is 5.33. The molecular formula is C10H14FNO. The van der Waals surface area contributed by atoms with Gasteiger partial charge in [-0.25, -0.2) is 4.39 Å². The predicted octanol–water partition coefficient (Wildman–Crippen LogP) is 0.641. The van der Waals surface area contributed by atoms with Gasteiger partial charge in [-0.1, -0.05) is 0 Å². The molecule has 0 aromatic heterocycles. The quantitative estimate of drug-likeness (QED) is 0.679. The predicted molar refractivity (Wildman–Crippen MR) is 48.9 cm³/mol. The summed E-state index contributed by atoms with van der Waals surface area (Å²) < 4.78 is 17.9. The molecule has 0 aliphatic rings. The van der Waals surface area contributed by atoms with Crippen LogP contribution in [0.1, 0.15) is 5.56 Å². The number of methoxy groups -OCH3 is 1. The largest absolute Gasteiger partial charge is 0.496 e. The molecule has 72 valence electrons. The third-order valence-corrected chi connectivity index (χ3v) is 1.73. The Hall–Kier alpha value is -1.09. The molecule has 0 fully saturated rings. The lowest BCUT2D eigenvalue weighted by Crippen LogP contribution is -3.01. The maximum Gasteiger partial charge on any atom is 0.127 e. The SMILES string of the molecule is [CH2-][NH+](C)Cc1cc(F)ccc1OC. The summed E-state index contributed by atoms with van der Waals surface area (Å²) in [7, 11) is 7.26. The van der Waals surface area contributed by atoms with Crippen LogP contribution in [0, 0.1) is 12.9 Å². The fourth-order valence-corrected chi connectivity index (χ4v) is 1.21. The third kappa shape index (κ3) is 2.70. The van der Waals surface area contributed by atoms with Crippen molar-refractivity contribution in [3.63, 3.8) is 0 Å². The molecule has 1 unspecified atom stereocenters. The summed E-state index contributed by atoms with van der Waals surface area (Å²) in [6.07, 6.45) is 0. The van der Waals surface area contributed by atoms with Crippen molar-refractivity contribution in [1.82, 2.24) is 0 Å². The standard InChI is InChI=1S/C10H14FNO/c1-12(2)7-8-6-9(11)4-5-10(8)13-3/h4-6,12H,1,7H2,2-3H3. The fraction of sp³-hybridized carbons (Fsp3) is 0.300. The molecule has 0 saturated carbocycles. The number of nitrogens with one attached hydrogen (secondary N) is 1. The van der Waals surface area contributed by atoms with Gasteiger partial charge in [-0.05, 0) is 18.2 Å². The van der Waals surface area contributed by atoms with Gasteiger partial charge in [-0.15, -0.1) is 0 Å². The third-order valence-electron chi connectivity index (χ3n) is 1.73. The molecule has 0 aliphatic heterocycles. The van der Waals surface area contributed by atoms with Gasteiger partial charge < -0.3 is 9.64 Å². The molecule has 13 heavy (non-hydrogen) atoms. The van der Waals surface area contributed by atoms with Crippen LogP contribution in [0.4, 0.5) is 4.39 Å². The van der Waals surface area contributed by atoms with E-state index in [4.69, 9.17) is 4.74 Å². The minimum atomic E-state index is -0.239. The first-order valence-corrected chi connectivity index (χ1v) is 4.10. The van der Waals surface area contributed by atoms with E-state index in [1.54, 1.807) is 13.2 Å². The first kappa shape index (κ1) is 9.99. The van der Waals surface area contributed by atoms with Gasteiger partial charge >= 0.3 is 0 Å². The zero-order valence-corrected chi connectivity index (χ0v) is 7.93. The van der Waals surface area contributed by atoms with Crippen LogP contribution in [0.2, 0.25) is 0 Å². The van der Waals surface area contributed by atoms with E-state index in [2.05, 4.69) is 7.05 Å². The number of ether oxygens (including phenoxy) is 1. The summed E-state index contributed by atoms with van der Waals surface area (Å²) in [6.45, 7) is 0.654. The lowest BCUT2D eigenvalue weighted by Gasteiger charge is -2.16. The molecule has 1 rings (SSSR count). The number of quaternary nitrogens is 1. The summed E-state index contributed by atoms with van der Waals surface area (Å²) in [6, 6.07) is 4.50. The molecular weight excluding hydrogens is 169 g/mol. The van der Waals surface area contributed by atoms with Crippen LogP contribution in [0.3, 0.4) is 0 Å². The van der Waals surface area contributed by atoms with E-state index in [1.807, 2.05) is 7.05 Å². The molecule has 0 heterocycles. The van der Waals surface area contributed by atoms with Crippen molar-refractivity contribution in [2.75, 3.05) is 14.2 Å². The Morgan fingerprint density at radius 1 is 1.54 bits per heavy atom. The second-order valence-electron chi connectivity index (χ2n) is 3.09. The van der Waals surface area contributed by atoms with Crippen molar-refractivity contribution in [3.8, 4) is 5.75 Å². The lowest BCUT2D eigenvalue weighted by atomic mass is 10.2. The molecule has 2 nitrogen and oxygen atoms in total. The van der Waals surface area contributed by atoms with Gasteiger partial charge in [-0.3, -0.25) is 0 Å². The molecule has 1 aromatic rings. The second kappa shape index (κ2) is 4.23. The smallest absolute Gasteiger partial charge is 0.127 e. The Labute approximate surface area is 77.9 Å². The van der Waals surface area contributed by atoms with E-state index in [9.17, 15) is 4.39 Å². The van der Waals surface area contributed by atoms with E-state index in [0.717, 1.165) is 10.5 Å². The van der Waals surface area contributed by atoms with Gasteiger partial charge in [0, 0.05) is 12.6 Å². The Bertz CT molecular complexity index is 286. The van der Waals surface area contributed by atoms with Gasteiger partial charge in [0.05, 0.1) is 13.7 Å². The van der Waals surface area contributed by atoms with Gasteiger partial charge in [0.2, 0.25) is 0 Å². The van der Waals surface area contributed by atoms with E-state index in [1.165, 1.54) is 12.1 Å². The average molecular weight is 183 g/mol. The van der Waals surface area contributed by atoms with E-state index >= 15 is 0 Å². The zero-order chi connectivity index (χ0) is 9.84. The lowest BCUT2D eigenvalue weighted by molar-refractivity contribution is -0.846. The second-order valence-corrected chi connectivity index (χ2v) is 3.09. The van der Waals surface area contributed by atoms with Crippen molar-refractivity contribution in [1.29, 1.82) is 0 Å². The summed E-state index contributed by atoms with van der Waals surface area (Å²) in [4.78, 5) is 0.990. The normalized spacial score (nSPS) is 12.6. The maximum absolute atomic E-state index is 12.8. The minimum Gasteiger partial charge on any atom is -0.496 e. The van der Waals surface area contributed by atoms with Crippen molar-refractivity contribution in [2.45, 2.75) is 6.54 Å². The molecule has 1 N–H and O–H groups in total. The van der Waals surface area contributed by atoms with E-state index in [-0.39, 0.29) is 5.82 Å². The Balaban J connectivity index is 2.94. The van der Waals surface area contributed by atoms with Crippen molar-refractivity contribution in [2.24, 2.45) is 0 Å². The van der Waals surface area contributed by atoms with Crippen LogP contribution in [0.5, 0.6) is 5.75 Å². The molecule has 3 heteroatoms. The first-order valence-electron chi connectivity index (χ1n) is 4.10. The topological polar surface area (TPSA) is 13.7 Å². The molecule has 0 aliphatic carbocycles. The molecule has 0 amide bonds. The molecule has 0 radical (unpaired) electrons. The maximum atomic E-state index is 12.8. The van der Waals surface area contributed by atoms with Crippen LogP contribution in [-0.4, -0.2) is 14.2 Å². The van der Waals surface area contributed by atoms with Crippen LogP contribution in [-0.2, 0) is 6.54 Å². The fourth-order valence-electron chi connectivity index (χ4n) is 1.21. The molecule has 1 aromatic carbocycles. The summed E-state index contributed by atoms with van der Waals surface area (Å²) in [5.41, 5.74) is 0.843. The van der Waals surface area contributed by atoms with Gasteiger partial charge in [-0.2, -0.15) is 7.05 Å². The number of rotatable bonds is 3. The van der Waals surface area contributed by atoms with Gasteiger partial charge in [0.25, 0.3) is 0 Å². The summed E-state index contributed by atoms with van der Waals surface area (Å²) >= 11 is 0. The van der Waals surface area contributed by atoms with Gasteiger partial charge in [0.15, 0.2) is 0 Å². The number of benzene rings is 1. The van der Waals surface area contributed by atoms with Crippen molar-refractivity contribution >= 4 is 0 Å². The van der Waals surface area contributed by atoms with Crippen molar-refractivity contribution in [3.05, 3.63) is 36.6 Å². The minimum absolute atomic E-state index is 0.239. The van der Waals surface area contributed by atoms with E-state index < -0.39 is 0 Å². The highest BCUT2D eigenvalue weighted by atomic mass is 19.1. The van der Waals surface area contributed by atoms with Crippen molar-refractivity contribution < 1.29 is 14.0 Å².